The first-order valence-electron chi connectivity index (χ1n) is 5.12. The summed E-state index contributed by atoms with van der Waals surface area (Å²) in [4.78, 5) is 3.55. The van der Waals surface area contributed by atoms with Crippen molar-refractivity contribution < 1.29 is 23.0 Å². The lowest BCUT2D eigenvalue weighted by Crippen LogP contribution is -2.32. The Morgan fingerprint density at radius 1 is 1.53 bits per heavy atom. The predicted octanol–water partition coefficient (Wildman–Crippen LogP) is 2.41. The Bertz CT molecular complexity index is 403. The quantitative estimate of drug-likeness (QED) is 0.911. The molecule has 7 heteroatoms. The molecule has 1 saturated carbocycles. The summed E-state index contributed by atoms with van der Waals surface area (Å²) in [5.41, 5.74) is -1.32. The van der Waals surface area contributed by atoms with Crippen LogP contribution in [0.3, 0.4) is 0 Å². The van der Waals surface area contributed by atoms with Gasteiger partial charge in [0.25, 0.3) is 0 Å². The van der Waals surface area contributed by atoms with E-state index in [0.29, 0.717) is 11.3 Å². The average Bonchev–Trinajstić information content (AvgIpc) is 2.94. The molecule has 1 aromatic rings. The summed E-state index contributed by atoms with van der Waals surface area (Å²) in [5.74, 6) is -0.0241. The van der Waals surface area contributed by atoms with Gasteiger partial charge in [-0.25, -0.2) is 4.98 Å². The predicted molar refractivity (Wildman–Crippen MR) is 55.6 cm³/mol. The molecule has 96 valence electrons. The molecule has 0 saturated heterocycles. The molecule has 3 nitrogen and oxygen atoms in total. The zero-order chi connectivity index (χ0) is 12.7. The van der Waals surface area contributed by atoms with Crippen LogP contribution in [0.2, 0.25) is 0 Å². The van der Waals surface area contributed by atoms with Crippen molar-refractivity contribution in [1.29, 1.82) is 0 Å². The molecule has 1 heterocycles. The number of nitrogens with zero attached hydrogens (tertiary/aromatic N) is 1. The van der Waals surface area contributed by atoms with Gasteiger partial charge in [0.2, 0.25) is 0 Å². The molecule has 1 aliphatic rings. The second kappa shape index (κ2) is 4.22. The van der Waals surface area contributed by atoms with Crippen molar-refractivity contribution in [2.45, 2.75) is 24.6 Å². The maximum Gasteiger partial charge on any atom is 0.443 e. The summed E-state index contributed by atoms with van der Waals surface area (Å²) in [6.07, 6.45) is -1.75. The van der Waals surface area contributed by atoms with E-state index in [1.54, 1.807) is 0 Å². The van der Waals surface area contributed by atoms with Crippen LogP contribution in [0.5, 0.6) is 0 Å². The third kappa shape index (κ3) is 2.46. The lowest BCUT2D eigenvalue weighted by atomic mass is 9.98. The number of rotatable bonds is 4. The van der Waals surface area contributed by atoms with Crippen LogP contribution in [0, 0.1) is 5.92 Å². The fourth-order valence-electron chi connectivity index (χ4n) is 1.78. The summed E-state index contributed by atoms with van der Waals surface area (Å²) < 4.78 is 42.2. The first kappa shape index (κ1) is 12.8. The third-order valence-corrected chi connectivity index (χ3v) is 4.00. The normalized spacial score (nSPS) is 20.3. The van der Waals surface area contributed by atoms with Crippen LogP contribution in [-0.4, -0.2) is 23.8 Å². The van der Waals surface area contributed by atoms with Gasteiger partial charge >= 0.3 is 6.18 Å². The number of alkyl halides is 3. The highest BCUT2D eigenvalue weighted by Crippen LogP contribution is 2.48. The maximum absolute atomic E-state index is 12.4. The van der Waals surface area contributed by atoms with E-state index >= 15 is 0 Å². The Morgan fingerprint density at radius 3 is 2.59 bits per heavy atom. The summed E-state index contributed by atoms with van der Waals surface area (Å²) in [6, 6.07) is 0. The lowest BCUT2D eigenvalue weighted by molar-refractivity contribution is -0.137. The molecule has 1 unspecified atom stereocenters. The van der Waals surface area contributed by atoms with E-state index in [4.69, 9.17) is 4.74 Å². The molecule has 0 bridgehead atoms. The van der Waals surface area contributed by atoms with Crippen molar-refractivity contribution in [2.24, 2.45) is 5.92 Å². The van der Waals surface area contributed by atoms with Crippen LogP contribution in [-0.2, 0) is 16.5 Å². The number of aliphatic hydroxyl groups is 1. The molecular weight excluding hydrogens is 255 g/mol. The highest BCUT2D eigenvalue weighted by atomic mass is 32.1. The molecule has 1 aliphatic carbocycles. The van der Waals surface area contributed by atoms with Gasteiger partial charge in [-0.2, -0.15) is 13.2 Å². The molecule has 2 rings (SSSR count). The van der Waals surface area contributed by atoms with E-state index in [9.17, 15) is 18.3 Å². The molecular formula is C10H12F3NO2S. The van der Waals surface area contributed by atoms with E-state index in [2.05, 4.69) is 4.98 Å². The van der Waals surface area contributed by atoms with E-state index in [0.717, 1.165) is 19.0 Å². The Morgan fingerprint density at radius 2 is 2.18 bits per heavy atom. The molecule has 0 spiro atoms. The summed E-state index contributed by atoms with van der Waals surface area (Å²) in [7, 11) is 1.42. The van der Waals surface area contributed by atoms with E-state index < -0.39 is 16.8 Å². The Labute approximate surface area is 100 Å². The number of aromatic nitrogens is 1. The van der Waals surface area contributed by atoms with Crippen molar-refractivity contribution in [2.75, 3.05) is 13.7 Å². The molecule has 17 heavy (non-hydrogen) atoms. The Balaban J connectivity index is 2.28. The topological polar surface area (TPSA) is 42.4 Å². The summed E-state index contributed by atoms with van der Waals surface area (Å²) >= 11 is 0.489. The number of methoxy groups -OCH3 is 1. The molecule has 1 aromatic heterocycles. The second-order valence-corrected chi connectivity index (χ2v) is 5.19. The van der Waals surface area contributed by atoms with E-state index in [-0.39, 0.29) is 17.4 Å². The Kier molecular flexibility index (Phi) is 3.17. The van der Waals surface area contributed by atoms with Gasteiger partial charge in [0.05, 0.1) is 11.5 Å². The van der Waals surface area contributed by atoms with Gasteiger partial charge in [0.15, 0.2) is 5.01 Å². The van der Waals surface area contributed by atoms with Gasteiger partial charge in [0, 0.05) is 13.3 Å². The third-order valence-electron chi connectivity index (χ3n) is 2.79. The van der Waals surface area contributed by atoms with Crippen LogP contribution in [0.15, 0.2) is 6.20 Å². The zero-order valence-corrected chi connectivity index (χ0v) is 9.94. The highest BCUT2D eigenvalue weighted by molar-refractivity contribution is 7.11. The zero-order valence-electron chi connectivity index (χ0n) is 9.12. The minimum Gasteiger partial charge on any atom is -0.382 e. The van der Waals surface area contributed by atoms with Crippen LogP contribution < -0.4 is 0 Å². The lowest BCUT2D eigenvalue weighted by Gasteiger charge is -2.25. The first-order chi connectivity index (χ1) is 7.88. The van der Waals surface area contributed by atoms with Crippen molar-refractivity contribution in [1.82, 2.24) is 4.98 Å². The van der Waals surface area contributed by atoms with Crippen LogP contribution >= 0.6 is 11.3 Å². The largest absolute Gasteiger partial charge is 0.443 e. The van der Waals surface area contributed by atoms with Crippen molar-refractivity contribution in [3.05, 3.63) is 16.1 Å². The Hall–Kier alpha value is -0.660. The van der Waals surface area contributed by atoms with Gasteiger partial charge in [-0.1, -0.05) is 0 Å². The smallest absolute Gasteiger partial charge is 0.382 e. The fraction of sp³-hybridized carbons (Fsp3) is 0.700. The van der Waals surface area contributed by atoms with Crippen molar-refractivity contribution >= 4 is 11.3 Å². The molecule has 0 amide bonds. The molecule has 1 fully saturated rings. The monoisotopic (exact) mass is 267 g/mol. The van der Waals surface area contributed by atoms with Gasteiger partial charge in [0.1, 0.15) is 5.60 Å². The maximum atomic E-state index is 12.4. The standard InChI is InChI=1S/C10H12F3NO2S/c1-16-5-9(15,6-2-3-6)7-4-14-8(17-7)10(11,12)13/h4,6,15H,2-3,5H2,1H3. The van der Waals surface area contributed by atoms with Gasteiger partial charge in [-0.15, -0.1) is 11.3 Å². The molecule has 1 N–H and O–H groups in total. The highest BCUT2D eigenvalue weighted by Gasteiger charge is 2.47. The number of hydrogen-bond acceptors (Lipinski definition) is 4. The van der Waals surface area contributed by atoms with Crippen LogP contribution in [0.1, 0.15) is 22.7 Å². The van der Waals surface area contributed by atoms with Crippen LogP contribution in [0.25, 0.3) is 0 Å². The fourth-order valence-corrected chi connectivity index (χ4v) is 2.71. The number of halogens is 3. The number of thiazole rings is 1. The van der Waals surface area contributed by atoms with E-state index in [1.807, 2.05) is 0 Å². The number of ether oxygens (including phenoxy) is 1. The minimum absolute atomic E-state index is 0.00282. The summed E-state index contributed by atoms with van der Waals surface area (Å²) in [6.45, 7) is -0.00282. The van der Waals surface area contributed by atoms with Gasteiger partial charge < -0.3 is 9.84 Å². The van der Waals surface area contributed by atoms with Crippen molar-refractivity contribution in [3.63, 3.8) is 0 Å². The summed E-state index contributed by atoms with van der Waals surface area (Å²) in [5, 5.41) is 9.45. The van der Waals surface area contributed by atoms with Gasteiger partial charge in [-0.05, 0) is 18.8 Å². The molecule has 0 aromatic carbocycles. The van der Waals surface area contributed by atoms with E-state index in [1.165, 1.54) is 7.11 Å². The molecule has 0 aliphatic heterocycles. The average molecular weight is 267 g/mol. The second-order valence-electron chi connectivity index (χ2n) is 4.16. The van der Waals surface area contributed by atoms with Crippen LogP contribution in [0.4, 0.5) is 13.2 Å². The van der Waals surface area contributed by atoms with Gasteiger partial charge in [-0.3, -0.25) is 0 Å². The van der Waals surface area contributed by atoms with Crippen molar-refractivity contribution in [3.8, 4) is 0 Å². The SMILES string of the molecule is COCC(O)(c1cnc(C(F)(F)F)s1)C1CC1. The number of hydrogen-bond donors (Lipinski definition) is 1. The molecule has 0 radical (unpaired) electrons. The minimum atomic E-state index is -4.46. The first-order valence-corrected chi connectivity index (χ1v) is 5.94. The molecule has 1 atom stereocenters.